The van der Waals surface area contributed by atoms with Crippen LogP contribution < -0.4 is 0 Å². The van der Waals surface area contributed by atoms with E-state index in [0.29, 0.717) is 0 Å². The fraction of sp³-hybridized carbons (Fsp3) is 0.176. The van der Waals surface area contributed by atoms with Crippen molar-refractivity contribution in [3.8, 4) is 11.3 Å². The van der Waals surface area contributed by atoms with E-state index in [1.807, 2.05) is 32.2 Å². The molecule has 0 aliphatic rings. The molecule has 2 nitrogen and oxygen atoms in total. The van der Waals surface area contributed by atoms with Crippen LogP contribution in [0.4, 0.5) is 0 Å². The summed E-state index contributed by atoms with van der Waals surface area (Å²) in [5.41, 5.74) is 6.89. The van der Waals surface area contributed by atoms with E-state index in [2.05, 4.69) is 47.8 Å². The van der Waals surface area contributed by atoms with E-state index >= 15 is 0 Å². The Hall–Kier alpha value is -2.22. The second kappa shape index (κ2) is 5.61. The molecule has 98 valence electrons. The highest BCUT2D eigenvalue weighted by atomic mass is 14.8. The average molecular weight is 252 g/mol. The van der Waals surface area contributed by atoms with Crippen molar-refractivity contribution in [3.63, 3.8) is 0 Å². The van der Waals surface area contributed by atoms with Crippen molar-refractivity contribution >= 4 is 18.2 Å². The first kappa shape index (κ1) is 13.2. The Morgan fingerprint density at radius 3 is 2.53 bits per heavy atom. The maximum absolute atomic E-state index is 3.89. The highest BCUT2D eigenvalue weighted by molar-refractivity contribution is 5.78. The molecule has 2 N–H and O–H groups in total. The molecular formula is C17H20N2. The molecule has 0 unspecified atom stereocenters. The molecule has 0 aliphatic carbocycles. The number of aromatic nitrogens is 2. The van der Waals surface area contributed by atoms with Crippen molar-refractivity contribution in [2.75, 3.05) is 0 Å². The first-order valence-electron chi connectivity index (χ1n) is 6.50. The summed E-state index contributed by atoms with van der Waals surface area (Å²) in [6.07, 6.45) is 12.2. The van der Waals surface area contributed by atoms with Gasteiger partial charge in [-0.15, -0.1) is 0 Å². The van der Waals surface area contributed by atoms with E-state index in [1.54, 1.807) is 0 Å². The van der Waals surface area contributed by atoms with Crippen LogP contribution >= 0.6 is 0 Å². The van der Waals surface area contributed by atoms with Gasteiger partial charge in [0.25, 0.3) is 0 Å². The number of aryl methyl sites for hydroxylation is 1. The van der Waals surface area contributed by atoms with Gasteiger partial charge < -0.3 is 9.97 Å². The third-order valence-electron chi connectivity index (χ3n) is 3.18. The zero-order valence-corrected chi connectivity index (χ0v) is 11.7. The molecule has 0 saturated heterocycles. The fourth-order valence-corrected chi connectivity index (χ4v) is 2.28. The number of nitrogens with one attached hydrogen (secondary N) is 2. The molecule has 0 saturated carbocycles. The van der Waals surface area contributed by atoms with Crippen LogP contribution in [0.15, 0.2) is 31.0 Å². The second-order valence-electron chi connectivity index (χ2n) is 4.50. The SMILES string of the molecule is C=Cc1c(-c2cc(/C=C\C)c(/C=C\C)[nH]2)c[nH]c1C. The van der Waals surface area contributed by atoms with Crippen molar-refractivity contribution in [3.05, 3.63) is 53.5 Å². The molecule has 0 spiro atoms. The lowest BCUT2D eigenvalue weighted by molar-refractivity contribution is 1.26. The molecule has 2 heterocycles. The Morgan fingerprint density at radius 1 is 1.16 bits per heavy atom. The topological polar surface area (TPSA) is 31.6 Å². The van der Waals surface area contributed by atoms with Crippen molar-refractivity contribution in [2.45, 2.75) is 20.8 Å². The van der Waals surface area contributed by atoms with Crippen molar-refractivity contribution in [1.29, 1.82) is 0 Å². The van der Waals surface area contributed by atoms with Gasteiger partial charge in [0.1, 0.15) is 0 Å². The van der Waals surface area contributed by atoms with Gasteiger partial charge in [-0.25, -0.2) is 0 Å². The van der Waals surface area contributed by atoms with Gasteiger partial charge in [0, 0.05) is 34.4 Å². The first-order valence-corrected chi connectivity index (χ1v) is 6.50. The van der Waals surface area contributed by atoms with E-state index in [1.165, 1.54) is 5.56 Å². The molecule has 2 heteroatoms. The molecule has 2 aromatic heterocycles. The molecule has 0 atom stereocenters. The van der Waals surface area contributed by atoms with Crippen LogP contribution in [-0.2, 0) is 0 Å². The van der Waals surface area contributed by atoms with Crippen LogP contribution in [0.25, 0.3) is 29.5 Å². The number of hydrogen-bond acceptors (Lipinski definition) is 0. The number of rotatable bonds is 4. The predicted octanol–water partition coefficient (Wildman–Crippen LogP) is 5.03. The first-order chi connectivity index (χ1) is 9.21. The smallest absolute Gasteiger partial charge is 0.0486 e. The predicted molar refractivity (Wildman–Crippen MR) is 84.8 cm³/mol. The Labute approximate surface area is 114 Å². The maximum atomic E-state index is 3.89. The monoisotopic (exact) mass is 252 g/mol. The summed E-state index contributed by atoms with van der Waals surface area (Å²) in [5.74, 6) is 0. The molecule has 0 radical (unpaired) electrons. The van der Waals surface area contributed by atoms with E-state index in [-0.39, 0.29) is 0 Å². The summed E-state index contributed by atoms with van der Waals surface area (Å²) in [6.45, 7) is 10.0. The molecule has 0 fully saturated rings. The van der Waals surface area contributed by atoms with Gasteiger partial charge >= 0.3 is 0 Å². The summed E-state index contributed by atoms with van der Waals surface area (Å²) in [5, 5.41) is 0. The zero-order chi connectivity index (χ0) is 13.8. The van der Waals surface area contributed by atoms with Crippen LogP contribution in [0.2, 0.25) is 0 Å². The van der Waals surface area contributed by atoms with Gasteiger partial charge in [0.2, 0.25) is 0 Å². The number of allylic oxidation sites excluding steroid dienone is 2. The van der Waals surface area contributed by atoms with Gasteiger partial charge in [-0.1, -0.05) is 30.9 Å². The quantitative estimate of drug-likeness (QED) is 0.765. The lowest BCUT2D eigenvalue weighted by atomic mass is 10.1. The van der Waals surface area contributed by atoms with Crippen LogP contribution in [0.5, 0.6) is 0 Å². The summed E-state index contributed by atoms with van der Waals surface area (Å²) < 4.78 is 0. The van der Waals surface area contributed by atoms with Gasteiger partial charge in [0.15, 0.2) is 0 Å². The zero-order valence-electron chi connectivity index (χ0n) is 11.7. The molecule has 19 heavy (non-hydrogen) atoms. The normalized spacial score (nSPS) is 11.7. The van der Waals surface area contributed by atoms with Crippen LogP contribution in [-0.4, -0.2) is 9.97 Å². The highest BCUT2D eigenvalue weighted by Gasteiger charge is 2.11. The van der Waals surface area contributed by atoms with Gasteiger partial charge in [-0.3, -0.25) is 0 Å². The van der Waals surface area contributed by atoms with E-state index in [4.69, 9.17) is 0 Å². The minimum Gasteiger partial charge on any atom is -0.364 e. The molecule has 0 amide bonds. The average Bonchev–Trinajstić information content (AvgIpc) is 2.94. The number of hydrogen-bond donors (Lipinski definition) is 2. The molecular weight excluding hydrogens is 232 g/mol. The van der Waals surface area contributed by atoms with E-state index in [9.17, 15) is 0 Å². The summed E-state index contributed by atoms with van der Waals surface area (Å²) in [6, 6.07) is 2.17. The third kappa shape index (κ3) is 2.48. The van der Waals surface area contributed by atoms with Gasteiger partial charge in [-0.05, 0) is 38.5 Å². The van der Waals surface area contributed by atoms with Crippen molar-refractivity contribution in [1.82, 2.24) is 9.97 Å². The highest BCUT2D eigenvalue weighted by Crippen LogP contribution is 2.29. The lowest BCUT2D eigenvalue weighted by Crippen LogP contribution is -1.80. The minimum atomic E-state index is 1.11. The standard InChI is InChI=1S/C17H20N2/c1-5-8-13-10-17(19-16(13)9-6-2)15-11-18-12(4)14(15)7-3/h5-11,18-19H,3H2,1-2,4H3/b8-5-,9-6-. The fourth-order valence-electron chi connectivity index (χ4n) is 2.28. The summed E-state index contributed by atoms with van der Waals surface area (Å²) in [7, 11) is 0. The van der Waals surface area contributed by atoms with Crippen LogP contribution in [0.3, 0.4) is 0 Å². The van der Waals surface area contributed by atoms with Crippen molar-refractivity contribution < 1.29 is 0 Å². The molecule has 2 aromatic rings. The molecule has 2 rings (SSSR count). The lowest BCUT2D eigenvalue weighted by Gasteiger charge is -1.97. The largest absolute Gasteiger partial charge is 0.364 e. The van der Waals surface area contributed by atoms with E-state index in [0.717, 1.165) is 28.2 Å². The molecule has 0 aliphatic heterocycles. The number of H-pyrrole nitrogens is 2. The van der Waals surface area contributed by atoms with Gasteiger partial charge in [-0.2, -0.15) is 0 Å². The Balaban J connectivity index is 2.56. The molecule has 0 bridgehead atoms. The maximum Gasteiger partial charge on any atom is 0.0486 e. The third-order valence-corrected chi connectivity index (χ3v) is 3.18. The van der Waals surface area contributed by atoms with Crippen LogP contribution in [0.1, 0.15) is 36.4 Å². The van der Waals surface area contributed by atoms with Crippen molar-refractivity contribution in [2.24, 2.45) is 0 Å². The minimum absolute atomic E-state index is 1.11. The Kier molecular flexibility index (Phi) is 3.91. The Morgan fingerprint density at radius 2 is 1.89 bits per heavy atom. The Bertz CT molecular complexity index is 607. The molecule has 0 aromatic carbocycles. The van der Waals surface area contributed by atoms with E-state index < -0.39 is 0 Å². The number of aromatic amines is 2. The van der Waals surface area contributed by atoms with Crippen LogP contribution in [0, 0.1) is 6.92 Å². The second-order valence-corrected chi connectivity index (χ2v) is 4.50. The van der Waals surface area contributed by atoms with Gasteiger partial charge in [0.05, 0.1) is 0 Å². The summed E-state index contributed by atoms with van der Waals surface area (Å²) >= 11 is 0. The summed E-state index contributed by atoms with van der Waals surface area (Å²) in [4.78, 5) is 6.72.